The van der Waals surface area contributed by atoms with E-state index < -0.39 is 10.1 Å². The largest absolute Gasteiger partial charge is 0.296 e. The molecule has 0 saturated carbocycles. The Morgan fingerprint density at radius 2 is 1.76 bits per heavy atom. The highest BCUT2D eigenvalue weighted by molar-refractivity contribution is 7.86. The van der Waals surface area contributed by atoms with Gasteiger partial charge in [0.2, 0.25) is 0 Å². The van der Waals surface area contributed by atoms with Crippen molar-refractivity contribution in [3.05, 3.63) is 29.8 Å². The van der Waals surface area contributed by atoms with Gasteiger partial charge in [-0.25, -0.2) is 0 Å². The van der Waals surface area contributed by atoms with E-state index in [0.717, 1.165) is 19.3 Å². The summed E-state index contributed by atoms with van der Waals surface area (Å²) < 4.78 is 27.4. The molecule has 4 heteroatoms. The number of hydrogen-bond acceptors (Lipinski definition) is 3. The highest BCUT2D eigenvalue weighted by atomic mass is 32.2. The molecule has 0 radical (unpaired) electrons. The van der Waals surface area contributed by atoms with Crippen LogP contribution in [0.4, 0.5) is 0 Å². The topological polar surface area (TPSA) is 43.4 Å². The zero-order valence-electron chi connectivity index (χ0n) is 10.6. The third kappa shape index (κ3) is 3.54. The molecule has 0 bridgehead atoms. The molecule has 0 fully saturated rings. The first kappa shape index (κ1) is 14.2. The Labute approximate surface area is 104 Å². The summed E-state index contributed by atoms with van der Waals surface area (Å²) in [4.78, 5) is 0.218. The van der Waals surface area contributed by atoms with Crippen LogP contribution in [0.25, 0.3) is 0 Å². The standard InChI is InChI=1S/C13H20O3S/c1-4-6-11(5-2)12-7-9-13(10-8-12)17(14,15)16-3/h7-11H,4-6H2,1-3H3. The minimum absolute atomic E-state index is 0.218. The van der Waals surface area contributed by atoms with Crippen LogP contribution >= 0.6 is 0 Å². The third-order valence-corrected chi connectivity index (χ3v) is 4.28. The van der Waals surface area contributed by atoms with Crippen molar-refractivity contribution >= 4 is 10.1 Å². The number of hydrogen-bond donors (Lipinski definition) is 0. The minimum atomic E-state index is -3.56. The summed E-state index contributed by atoms with van der Waals surface area (Å²) in [6, 6.07) is 7.00. The lowest BCUT2D eigenvalue weighted by atomic mass is 9.92. The lowest BCUT2D eigenvalue weighted by Gasteiger charge is -2.14. The van der Waals surface area contributed by atoms with Crippen LogP contribution in [-0.4, -0.2) is 15.5 Å². The summed E-state index contributed by atoms with van der Waals surface area (Å²) in [7, 11) is -2.38. The molecule has 1 aromatic rings. The molecule has 0 N–H and O–H groups in total. The average molecular weight is 256 g/mol. The Hall–Kier alpha value is -0.870. The molecule has 1 atom stereocenters. The fourth-order valence-corrected chi connectivity index (χ4v) is 2.62. The highest BCUT2D eigenvalue weighted by Gasteiger charge is 2.14. The first-order valence-corrected chi connectivity index (χ1v) is 7.36. The Morgan fingerprint density at radius 1 is 1.18 bits per heavy atom. The molecule has 0 heterocycles. The Balaban J connectivity index is 2.95. The van der Waals surface area contributed by atoms with E-state index in [1.165, 1.54) is 12.7 Å². The van der Waals surface area contributed by atoms with Gasteiger partial charge in [0.1, 0.15) is 0 Å². The zero-order chi connectivity index (χ0) is 12.9. The van der Waals surface area contributed by atoms with E-state index in [2.05, 4.69) is 18.0 Å². The van der Waals surface area contributed by atoms with Gasteiger partial charge in [0.05, 0.1) is 12.0 Å². The van der Waals surface area contributed by atoms with Gasteiger partial charge in [0, 0.05) is 0 Å². The second kappa shape index (κ2) is 6.17. The lowest BCUT2D eigenvalue weighted by Crippen LogP contribution is -2.03. The summed E-state index contributed by atoms with van der Waals surface area (Å²) in [6.07, 6.45) is 3.34. The molecule has 1 rings (SSSR count). The number of rotatable bonds is 6. The van der Waals surface area contributed by atoms with Crippen LogP contribution in [0.15, 0.2) is 29.2 Å². The fraction of sp³-hybridized carbons (Fsp3) is 0.538. The smallest absolute Gasteiger partial charge is 0.270 e. The van der Waals surface area contributed by atoms with Crippen molar-refractivity contribution in [3.8, 4) is 0 Å². The quantitative estimate of drug-likeness (QED) is 0.733. The van der Waals surface area contributed by atoms with Crippen molar-refractivity contribution < 1.29 is 12.6 Å². The molecular formula is C13H20O3S. The van der Waals surface area contributed by atoms with Gasteiger partial charge in [-0.3, -0.25) is 4.18 Å². The van der Waals surface area contributed by atoms with Gasteiger partial charge < -0.3 is 0 Å². The molecule has 0 spiro atoms. The molecule has 96 valence electrons. The van der Waals surface area contributed by atoms with E-state index in [0.29, 0.717) is 5.92 Å². The van der Waals surface area contributed by atoms with Crippen LogP contribution in [0.5, 0.6) is 0 Å². The van der Waals surface area contributed by atoms with Crippen molar-refractivity contribution in [1.29, 1.82) is 0 Å². The molecule has 1 aromatic carbocycles. The van der Waals surface area contributed by atoms with Gasteiger partial charge in [0.15, 0.2) is 0 Å². The van der Waals surface area contributed by atoms with Crippen molar-refractivity contribution in [1.82, 2.24) is 0 Å². The zero-order valence-corrected chi connectivity index (χ0v) is 11.5. The maximum absolute atomic E-state index is 11.5. The molecule has 0 saturated heterocycles. The van der Waals surface area contributed by atoms with Crippen molar-refractivity contribution in [2.24, 2.45) is 0 Å². The van der Waals surface area contributed by atoms with Gasteiger partial charge >= 0.3 is 0 Å². The average Bonchev–Trinajstić information content (AvgIpc) is 2.36. The molecule has 0 aromatic heterocycles. The first-order valence-electron chi connectivity index (χ1n) is 5.95. The van der Waals surface area contributed by atoms with Crippen LogP contribution in [0.3, 0.4) is 0 Å². The van der Waals surface area contributed by atoms with Crippen molar-refractivity contribution in [3.63, 3.8) is 0 Å². The van der Waals surface area contributed by atoms with Gasteiger partial charge in [-0.05, 0) is 36.5 Å². The summed E-state index contributed by atoms with van der Waals surface area (Å²) in [5.41, 5.74) is 1.20. The normalized spacial score (nSPS) is 13.6. The van der Waals surface area contributed by atoms with E-state index in [1.54, 1.807) is 12.1 Å². The fourth-order valence-electron chi connectivity index (χ4n) is 1.96. The van der Waals surface area contributed by atoms with Crippen molar-refractivity contribution in [2.45, 2.75) is 43.9 Å². The lowest BCUT2D eigenvalue weighted by molar-refractivity contribution is 0.397. The predicted molar refractivity (Wildman–Crippen MR) is 68.6 cm³/mol. The summed E-state index contributed by atoms with van der Waals surface area (Å²) >= 11 is 0. The molecule has 0 amide bonds. The molecular weight excluding hydrogens is 236 g/mol. The van der Waals surface area contributed by atoms with Gasteiger partial charge in [-0.2, -0.15) is 8.42 Å². The first-order chi connectivity index (χ1) is 8.05. The second-order valence-electron chi connectivity index (χ2n) is 4.08. The van der Waals surface area contributed by atoms with E-state index in [1.807, 2.05) is 12.1 Å². The summed E-state index contributed by atoms with van der Waals surface area (Å²) in [6.45, 7) is 4.31. The second-order valence-corrected chi connectivity index (χ2v) is 5.80. The summed E-state index contributed by atoms with van der Waals surface area (Å²) in [5, 5.41) is 0. The van der Waals surface area contributed by atoms with E-state index in [4.69, 9.17) is 0 Å². The SMILES string of the molecule is CCCC(CC)c1ccc(S(=O)(=O)OC)cc1. The van der Waals surface area contributed by atoms with E-state index >= 15 is 0 Å². The maximum Gasteiger partial charge on any atom is 0.296 e. The van der Waals surface area contributed by atoms with Gasteiger partial charge in [-0.15, -0.1) is 0 Å². The highest BCUT2D eigenvalue weighted by Crippen LogP contribution is 2.25. The molecule has 17 heavy (non-hydrogen) atoms. The molecule has 3 nitrogen and oxygen atoms in total. The third-order valence-electron chi connectivity index (χ3n) is 2.99. The van der Waals surface area contributed by atoms with Crippen molar-refractivity contribution in [2.75, 3.05) is 7.11 Å². The van der Waals surface area contributed by atoms with Crippen LogP contribution < -0.4 is 0 Å². The van der Waals surface area contributed by atoms with Crippen LogP contribution in [-0.2, 0) is 14.3 Å². The van der Waals surface area contributed by atoms with Gasteiger partial charge in [0.25, 0.3) is 10.1 Å². The van der Waals surface area contributed by atoms with E-state index in [9.17, 15) is 8.42 Å². The number of benzene rings is 1. The Kier molecular flexibility index (Phi) is 5.15. The Bertz CT molecular complexity index is 434. The Morgan fingerprint density at radius 3 is 2.18 bits per heavy atom. The maximum atomic E-state index is 11.5. The molecule has 1 unspecified atom stereocenters. The predicted octanol–water partition coefficient (Wildman–Crippen LogP) is 3.32. The minimum Gasteiger partial charge on any atom is -0.270 e. The molecule has 0 aliphatic carbocycles. The van der Waals surface area contributed by atoms with E-state index in [-0.39, 0.29) is 4.90 Å². The monoisotopic (exact) mass is 256 g/mol. The van der Waals surface area contributed by atoms with Gasteiger partial charge in [-0.1, -0.05) is 32.4 Å². The van der Waals surface area contributed by atoms with Crippen LogP contribution in [0.1, 0.15) is 44.6 Å². The molecule has 0 aliphatic heterocycles. The van der Waals surface area contributed by atoms with Crippen LogP contribution in [0, 0.1) is 0 Å². The molecule has 0 aliphatic rings. The van der Waals surface area contributed by atoms with Crippen LogP contribution in [0.2, 0.25) is 0 Å². The summed E-state index contributed by atoms with van der Waals surface area (Å²) in [5.74, 6) is 0.513.